The monoisotopic (exact) mass is 515 g/mol. The smallest absolute Gasteiger partial charge is 0.337 e. The maximum absolute atomic E-state index is 13.0. The number of nitrogens with zero attached hydrogens (tertiary/aromatic N) is 3. The van der Waals surface area contributed by atoms with Crippen LogP contribution in [0.25, 0.3) is 10.2 Å². The van der Waals surface area contributed by atoms with Crippen LogP contribution in [0.15, 0.2) is 65.0 Å². The molecule has 0 saturated carbocycles. The number of esters is 1. The second-order valence-electron chi connectivity index (χ2n) is 7.80. The third-order valence-electron chi connectivity index (χ3n) is 5.30. The van der Waals surface area contributed by atoms with Crippen molar-refractivity contribution >= 4 is 43.5 Å². The Morgan fingerprint density at radius 3 is 2.29 bits per heavy atom. The quantitative estimate of drug-likeness (QED) is 0.297. The van der Waals surface area contributed by atoms with Gasteiger partial charge in [-0.05, 0) is 55.3 Å². The number of amides is 1. The van der Waals surface area contributed by atoms with E-state index in [1.807, 2.05) is 18.4 Å². The average Bonchev–Trinajstić information content (AvgIpc) is 3.19. The summed E-state index contributed by atoms with van der Waals surface area (Å²) < 4.78 is 34.8. The summed E-state index contributed by atoms with van der Waals surface area (Å²) in [6.45, 7) is 8.95. The number of allylic oxidation sites excluding steroid dienone is 1. The van der Waals surface area contributed by atoms with Gasteiger partial charge in [0, 0.05) is 25.2 Å². The fourth-order valence-corrected chi connectivity index (χ4v) is 6.33. The van der Waals surface area contributed by atoms with Gasteiger partial charge in [0.1, 0.15) is 0 Å². The van der Waals surface area contributed by atoms with Crippen LogP contribution in [0.3, 0.4) is 0 Å². The minimum Gasteiger partial charge on any atom is -0.465 e. The van der Waals surface area contributed by atoms with Gasteiger partial charge in [-0.3, -0.25) is 4.79 Å². The zero-order chi connectivity index (χ0) is 25.6. The molecule has 0 aliphatic rings. The largest absolute Gasteiger partial charge is 0.465 e. The Balaban J connectivity index is 1.97. The van der Waals surface area contributed by atoms with Gasteiger partial charge in [-0.1, -0.05) is 31.3 Å². The summed E-state index contributed by atoms with van der Waals surface area (Å²) in [5.74, 6) is -0.943. The predicted molar refractivity (Wildman–Crippen MR) is 137 cm³/mol. The maximum atomic E-state index is 13.0. The lowest BCUT2D eigenvalue weighted by molar-refractivity contribution is 0.0600. The van der Waals surface area contributed by atoms with Crippen LogP contribution >= 0.6 is 11.3 Å². The molecular formula is C25H29N3O5S2. The molecule has 0 spiro atoms. The molecule has 3 aromatic rings. The standard InChI is InChI=1S/C25H29N3O5S2/c1-5-14-27(15-6-2)35(31,32)20-11-8-18(9-12-20)23(29)26-25-28(16-7-3)21-13-10-19(24(30)33-4)17-22(21)34-25/h7-13,17H,3,5-6,14-16H2,1-2,4H3. The van der Waals surface area contributed by atoms with Crippen LogP contribution in [-0.2, 0) is 21.3 Å². The molecule has 0 saturated heterocycles. The van der Waals surface area contributed by atoms with Crippen LogP contribution in [0.1, 0.15) is 47.4 Å². The van der Waals surface area contributed by atoms with Crippen molar-refractivity contribution in [1.82, 2.24) is 8.87 Å². The van der Waals surface area contributed by atoms with Crippen molar-refractivity contribution in [2.24, 2.45) is 4.99 Å². The molecule has 186 valence electrons. The molecule has 8 nitrogen and oxygen atoms in total. The van der Waals surface area contributed by atoms with Gasteiger partial charge in [0.15, 0.2) is 4.80 Å². The number of rotatable bonds is 10. The molecule has 0 N–H and O–H groups in total. The molecule has 3 rings (SSSR count). The predicted octanol–water partition coefficient (Wildman–Crippen LogP) is 4.23. The van der Waals surface area contributed by atoms with Crippen LogP contribution in [0.5, 0.6) is 0 Å². The average molecular weight is 516 g/mol. The summed E-state index contributed by atoms with van der Waals surface area (Å²) in [6, 6.07) is 11.0. The third-order valence-corrected chi connectivity index (χ3v) is 8.25. The van der Waals surface area contributed by atoms with Gasteiger partial charge in [-0.25, -0.2) is 13.2 Å². The summed E-state index contributed by atoms with van der Waals surface area (Å²) in [5, 5.41) is 0. The zero-order valence-electron chi connectivity index (χ0n) is 20.1. The lowest BCUT2D eigenvalue weighted by atomic mass is 10.2. The summed E-state index contributed by atoms with van der Waals surface area (Å²) in [6.07, 6.45) is 3.13. The minimum absolute atomic E-state index is 0.148. The first-order valence-electron chi connectivity index (χ1n) is 11.3. The summed E-state index contributed by atoms with van der Waals surface area (Å²) in [7, 11) is -2.31. The van der Waals surface area contributed by atoms with Gasteiger partial charge in [0.05, 0.1) is 27.8 Å². The molecule has 0 aliphatic carbocycles. The van der Waals surface area contributed by atoms with Crippen molar-refractivity contribution in [3.63, 3.8) is 0 Å². The van der Waals surface area contributed by atoms with E-state index in [-0.39, 0.29) is 10.5 Å². The highest BCUT2D eigenvalue weighted by molar-refractivity contribution is 7.89. The molecule has 1 amide bonds. The number of benzene rings is 2. The van der Waals surface area contributed by atoms with Gasteiger partial charge in [-0.15, -0.1) is 6.58 Å². The first-order chi connectivity index (χ1) is 16.8. The second-order valence-corrected chi connectivity index (χ2v) is 10.8. The van der Waals surface area contributed by atoms with E-state index in [4.69, 9.17) is 4.74 Å². The number of aromatic nitrogens is 1. The van der Waals surface area contributed by atoms with E-state index < -0.39 is 21.9 Å². The van der Waals surface area contributed by atoms with Gasteiger partial charge in [-0.2, -0.15) is 9.30 Å². The van der Waals surface area contributed by atoms with Crippen molar-refractivity contribution in [1.29, 1.82) is 0 Å². The number of hydrogen-bond donors (Lipinski definition) is 0. The number of methoxy groups -OCH3 is 1. The minimum atomic E-state index is -3.63. The Kier molecular flexibility index (Phi) is 8.76. The Morgan fingerprint density at radius 1 is 1.09 bits per heavy atom. The molecule has 2 aromatic carbocycles. The van der Waals surface area contributed by atoms with Crippen molar-refractivity contribution in [3.05, 3.63) is 71.0 Å². The lowest BCUT2D eigenvalue weighted by Gasteiger charge is -2.21. The number of fused-ring (bicyclic) bond motifs is 1. The maximum Gasteiger partial charge on any atom is 0.337 e. The Hall–Kier alpha value is -3.08. The van der Waals surface area contributed by atoms with Crippen molar-refractivity contribution in [2.45, 2.75) is 38.1 Å². The van der Waals surface area contributed by atoms with E-state index in [2.05, 4.69) is 11.6 Å². The second kappa shape index (κ2) is 11.6. The molecule has 1 heterocycles. The van der Waals surface area contributed by atoms with E-state index in [9.17, 15) is 18.0 Å². The van der Waals surface area contributed by atoms with E-state index in [0.717, 1.165) is 23.1 Å². The highest BCUT2D eigenvalue weighted by atomic mass is 32.2. The molecule has 0 atom stereocenters. The molecule has 0 aliphatic heterocycles. The molecule has 0 unspecified atom stereocenters. The number of hydrogen-bond acceptors (Lipinski definition) is 6. The van der Waals surface area contributed by atoms with Gasteiger partial charge in [0.25, 0.3) is 5.91 Å². The Morgan fingerprint density at radius 2 is 1.71 bits per heavy atom. The van der Waals surface area contributed by atoms with E-state index in [1.165, 1.54) is 47.0 Å². The van der Waals surface area contributed by atoms with Crippen molar-refractivity contribution in [3.8, 4) is 0 Å². The molecule has 0 fully saturated rings. The first-order valence-corrected chi connectivity index (χ1v) is 13.5. The number of thiazole rings is 1. The number of ether oxygens (including phenoxy) is 1. The fraction of sp³-hybridized carbons (Fsp3) is 0.320. The zero-order valence-corrected chi connectivity index (χ0v) is 21.7. The van der Waals surface area contributed by atoms with Crippen molar-refractivity contribution in [2.75, 3.05) is 20.2 Å². The summed E-state index contributed by atoms with van der Waals surface area (Å²) in [4.78, 5) is 29.7. The van der Waals surface area contributed by atoms with Gasteiger partial charge < -0.3 is 9.30 Å². The van der Waals surface area contributed by atoms with E-state index in [1.54, 1.807) is 24.3 Å². The number of sulfonamides is 1. The highest BCUT2D eigenvalue weighted by Crippen LogP contribution is 2.21. The van der Waals surface area contributed by atoms with Crippen LogP contribution in [-0.4, -0.2) is 49.4 Å². The van der Waals surface area contributed by atoms with Gasteiger partial charge >= 0.3 is 5.97 Å². The van der Waals surface area contributed by atoms with Crippen LogP contribution in [0.4, 0.5) is 0 Å². The summed E-state index contributed by atoms with van der Waals surface area (Å²) >= 11 is 1.27. The molecule has 0 radical (unpaired) electrons. The number of carbonyl (C=O) groups is 2. The molecule has 1 aromatic heterocycles. The normalized spacial score (nSPS) is 12.3. The first kappa shape index (κ1) is 26.5. The van der Waals surface area contributed by atoms with Crippen LogP contribution < -0.4 is 4.80 Å². The lowest BCUT2D eigenvalue weighted by Crippen LogP contribution is -2.32. The van der Waals surface area contributed by atoms with E-state index >= 15 is 0 Å². The molecule has 10 heteroatoms. The molecule has 35 heavy (non-hydrogen) atoms. The van der Waals surface area contributed by atoms with Crippen LogP contribution in [0.2, 0.25) is 0 Å². The highest BCUT2D eigenvalue weighted by Gasteiger charge is 2.23. The Labute approximate surface area is 209 Å². The third kappa shape index (κ3) is 5.77. The Bertz CT molecular complexity index is 1400. The SMILES string of the molecule is C=CCn1c(=NC(=O)c2ccc(S(=O)(=O)N(CCC)CCC)cc2)sc2cc(C(=O)OC)ccc21. The number of carbonyl (C=O) groups excluding carboxylic acids is 2. The summed E-state index contributed by atoms with van der Waals surface area (Å²) in [5.41, 5.74) is 1.49. The molecule has 0 bridgehead atoms. The van der Waals surface area contributed by atoms with Crippen LogP contribution in [0, 0.1) is 0 Å². The van der Waals surface area contributed by atoms with Crippen molar-refractivity contribution < 1.29 is 22.7 Å². The fourth-order valence-electron chi connectivity index (χ4n) is 3.63. The molecular weight excluding hydrogens is 486 g/mol. The van der Waals surface area contributed by atoms with E-state index in [0.29, 0.717) is 30.0 Å². The topological polar surface area (TPSA) is 98.0 Å². The van der Waals surface area contributed by atoms with Gasteiger partial charge in [0.2, 0.25) is 10.0 Å².